The van der Waals surface area contributed by atoms with E-state index in [0.29, 0.717) is 16.9 Å². The van der Waals surface area contributed by atoms with Crippen molar-refractivity contribution >= 4 is 10.2 Å². The molecule has 0 radical (unpaired) electrons. The van der Waals surface area contributed by atoms with Crippen LogP contribution in [0.2, 0.25) is 47.7 Å². The second kappa shape index (κ2) is 1.19. The van der Waals surface area contributed by atoms with Gasteiger partial charge in [-0.3, -0.25) is 0 Å². The van der Waals surface area contributed by atoms with Gasteiger partial charge in [-0.2, -0.15) is 0 Å². The summed E-state index contributed by atoms with van der Waals surface area (Å²) in [6, 6.07) is 10.4. The molecule has 0 amide bonds. The molecule has 5 atom stereocenters. The Kier molecular flexibility index (Phi) is 0.516. The Morgan fingerprint density at radius 2 is 1.60 bits per heavy atom. The molecule has 11 heterocycles. The van der Waals surface area contributed by atoms with Crippen molar-refractivity contribution in [3.63, 3.8) is 0 Å². The Balaban J connectivity index is 1.08. The van der Waals surface area contributed by atoms with Gasteiger partial charge in [-0.05, 0) is 0 Å². The summed E-state index contributed by atoms with van der Waals surface area (Å²) in [6.45, 7) is -1.92. The Morgan fingerprint density at radius 3 is 2.08 bits per heavy atom. The van der Waals surface area contributed by atoms with E-state index in [9.17, 15) is 8.42 Å². The van der Waals surface area contributed by atoms with E-state index in [1.165, 1.54) is 33.7 Å². The van der Waals surface area contributed by atoms with E-state index in [-0.39, 0.29) is 0 Å². The molecule has 1 aromatic rings. The third-order valence-corrected chi connectivity index (χ3v) is 61.8. The van der Waals surface area contributed by atoms with Gasteiger partial charge in [0.05, 0.1) is 0 Å². The molecule has 5 unspecified atom stereocenters. The van der Waals surface area contributed by atoms with Gasteiger partial charge < -0.3 is 0 Å². The maximum absolute atomic E-state index is 12.9. The molecule has 0 aliphatic carbocycles. The van der Waals surface area contributed by atoms with Gasteiger partial charge >= 0.3 is 137 Å². The number of rotatable bonds is 3. The minimum atomic E-state index is -3.29. The monoisotopic (exact) mass is 396 g/mol. The number of nitrogens with zero attached hydrogens (tertiary/aromatic N) is 1. The molecule has 0 aromatic heterocycles. The van der Waals surface area contributed by atoms with Gasteiger partial charge in [0.15, 0.2) is 0 Å². The molecule has 25 heavy (non-hydrogen) atoms. The third-order valence-electron chi connectivity index (χ3n) is 17.5. The van der Waals surface area contributed by atoms with Crippen molar-refractivity contribution in [3.05, 3.63) is 35.9 Å². The van der Waals surface area contributed by atoms with Crippen LogP contribution in [0.25, 0.3) is 0 Å². The van der Waals surface area contributed by atoms with E-state index >= 15 is 0 Å². The molecule has 11 fully saturated rings. The normalized spacial score (nSPS) is 93.8. The van der Waals surface area contributed by atoms with Crippen LogP contribution in [0.15, 0.2) is 30.3 Å². The zero-order valence-electron chi connectivity index (χ0n) is 13.6. The average molecular weight is 396 g/mol. The van der Waals surface area contributed by atoms with E-state index in [0.717, 1.165) is 21.7 Å². The zero-order chi connectivity index (χ0) is 15.9. The number of fused-ring (bicyclic) bond motifs is 10. The molecule has 11 aliphatic heterocycles. The van der Waals surface area contributed by atoms with Crippen molar-refractivity contribution in [1.29, 1.82) is 0 Å². The summed E-state index contributed by atoms with van der Waals surface area (Å²) in [4.78, 5) is 11.2. The summed E-state index contributed by atoms with van der Waals surface area (Å²) >= 11 is 0. The van der Waals surface area contributed by atoms with Crippen LogP contribution in [0, 0.1) is 0 Å². The van der Waals surface area contributed by atoms with Crippen LogP contribution in [0.5, 0.6) is 0 Å². The number of hydrogen-bond donors (Lipinski definition) is 1. The summed E-state index contributed by atoms with van der Waals surface area (Å²) < 4.78 is 31.5. The Labute approximate surface area is 136 Å². The molecule has 4 nitrogen and oxygen atoms in total. The fraction of sp³-hybridized carbons (Fsp3) is 0.684. The molecular formula is C19H20FeN2O2S. The van der Waals surface area contributed by atoms with Gasteiger partial charge in [0.1, 0.15) is 0 Å². The van der Waals surface area contributed by atoms with Gasteiger partial charge in [0.2, 0.25) is 0 Å². The summed E-state index contributed by atoms with van der Waals surface area (Å²) in [7, 11) is -3.29. The van der Waals surface area contributed by atoms with E-state index in [1.807, 2.05) is 30.3 Å². The van der Waals surface area contributed by atoms with Crippen molar-refractivity contribution in [2.24, 2.45) is 0 Å². The van der Waals surface area contributed by atoms with Crippen molar-refractivity contribution in [1.82, 2.24) is 9.03 Å². The molecule has 11 saturated heterocycles. The van der Waals surface area contributed by atoms with Gasteiger partial charge in [0.25, 0.3) is 0 Å². The molecular weight excluding hydrogens is 376 g/mol. The van der Waals surface area contributed by atoms with E-state index in [1.54, 1.807) is 4.31 Å². The van der Waals surface area contributed by atoms with Crippen LogP contribution in [0.3, 0.4) is 0 Å². The van der Waals surface area contributed by atoms with Crippen LogP contribution in [-0.2, 0) is 23.3 Å². The van der Waals surface area contributed by atoms with E-state index in [4.69, 9.17) is 0 Å². The molecule has 0 bridgehead atoms. The summed E-state index contributed by atoms with van der Waals surface area (Å²) in [5.74, 6) is 0. The van der Waals surface area contributed by atoms with Crippen LogP contribution in [0.1, 0.15) is 5.56 Å². The first-order valence-electron chi connectivity index (χ1n) is 9.86. The first-order valence-corrected chi connectivity index (χ1v) is 17.6. The molecule has 132 valence electrons. The summed E-state index contributed by atoms with van der Waals surface area (Å²) in [5, 5.41) is 0. The molecule has 12 rings (SSSR count). The molecule has 1 N–H and O–H groups in total. The topological polar surface area (TPSA) is 49.4 Å². The van der Waals surface area contributed by atoms with Gasteiger partial charge in [-0.25, -0.2) is 0 Å². The Morgan fingerprint density at radius 1 is 1.00 bits per heavy atom. The summed E-state index contributed by atoms with van der Waals surface area (Å²) in [6.07, 6.45) is 0. The van der Waals surface area contributed by atoms with E-state index < -0.39 is 16.7 Å². The predicted octanol–water partition coefficient (Wildman–Crippen LogP) is 3.46. The molecule has 0 saturated carbocycles. The van der Waals surface area contributed by atoms with Gasteiger partial charge in [-0.15, -0.1) is 0 Å². The molecule has 6 heteroatoms. The second-order valence-corrected chi connectivity index (χ2v) is 38.5. The molecule has 11 aliphatic rings. The maximum atomic E-state index is 12.9. The number of hydrogen-bond acceptors (Lipinski definition) is 2. The predicted molar refractivity (Wildman–Crippen MR) is 89.1 cm³/mol. The van der Waals surface area contributed by atoms with Crippen LogP contribution in [0.4, 0.5) is 0 Å². The van der Waals surface area contributed by atoms with Crippen LogP contribution < -0.4 is 4.72 Å². The first-order chi connectivity index (χ1) is 11.8. The third kappa shape index (κ3) is 0.183. The minimum absolute atomic E-state index is 0.301. The fourth-order valence-corrected chi connectivity index (χ4v) is 95.8. The molecule has 1 aromatic carbocycles. The Hall–Kier alpha value is -0.391. The van der Waals surface area contributed by atoms with Crippen LogP contribution >= 0.6 is 0 Å². The van der Waals surface area contributed by atoms with Crippen LogP contribution in [-0.4, -0.2) is 25.3 Å². The Bertz CT molecular complexity index is 1410. The standard InChI is InChI=1S/C14H15N2O2S.C5H5.Fe/c17-19(18)15-14(13-8-4-5-9-13)11-16(19)10-12-6-2-1-3-7-12;1-2-4-5-3-1;/h1-9,14-15H,10-11H2;1-5H;. The van der Waals surface area contributed by atoms with Gasteiger partial charge in [-0.1, -0.05) is 0 Å². The van der Waals surface area contributed by atoms with Crippen molar-refractivity contribution in [2.75, 3.05) is 6.54 Å². The van der Waals surface area contributed by atoms with Crippen molar-refractivity contribution < 1.29 is 14.9 Å². The quantitative estimate of drug-likeness (QED) is 0.796. The number of benzene rings is 1. The summed E-state index contributed by atoms with van der Waals surface area (Å²) in [5.41, 5.74) is 1.11. The molecule has 1 spiro atoms. The zero-order valence-corrected chi connectivity index (χ0v) is 15.5. The number of nitrogens with one attached hydrogen (secondary N) is 1. The average Bonchev–Trinajstić information content (AvgIpc) is 3.51. The first kappa shape index (κ1) is 10.8. The second-order valence-electron chi connectivity index (χ2n) is 13.2. The van der Waals surface area contributed by atoms with Crippen molar-refractivity contribution in [2.45, 2.75) is 60.2 Å². The van der Waals surface area contributed by atoms with Crippen molar-refractivity contribution in [3.8, 4) is 0 Å². The SMILES string of the molecule is O=S1(=O)NC([C]23[CH]4[CH]5[CH]6[CH]2[Fe]56432789[CH]3[CH]2[CH]7[CH]8[CH]39)CN1Cc1ccccc1. The van der Waals surface area contributed by atoms with Gasteiger partial charge in [0, 0.05) is 0 Å². The fourth-order valence-electron chi connectivity index (χ4n) is 19.1. The van der Waals surface area contributed by atoms with E-state index in [2.05, 4.69) is 4.72 Å².